The molecule has 0 N–H and O–H groups in total. The van der Waals surface area contributed by atoms with Crippen molar-refractivity contribution in [3.8, 4) is 0 Å². The Kier molecular flexibility index (Phi) is 2.85. The van der Waals surface area contributed by atoms with Crippen LogP contribution in [-0.4, -0.2) is 48.4 Å². The molecule has 1 aliphatic heterocycles. The third-order valence-corrected chi connectivity index (χ3v) is 4.62. The van der Waals surface area contributed by atoms with Crippen molar-refractivity contribution in [3.63, 3.8) is 0 Å². The number of hydrogen-bond donors (Lipinski definition) is 0. The van der Waals surface area contributed by atoms with Gasteiger partial charge in [0, 0.05) is 38.8 Å². The van der Waals surface area contributed by atoms with E-state index in [0.717, 1.165) is 17.3 Å². The molecule has 116 valence electrons. The predicted octanol–water partition coefficient (Wildman–Crippen LogP) is 0.974. The molecule has 0 radical (unpaired) electrons. The van der Waals surface area contributed by atoms with Crippen LogP contribution in [-0.2, 0) is 14.1 Å². The van der Waals surface area contributed by atoms with Gasteiger partial charge in [-0.25, -0.2) is 4.98 Å². The van der Waals surface area contributed by atoms with Gasteiger partial charge in [-0.1, -0.05) is 0 Å². The van der Waals surface area contributed by atoms with Crippen molar-refractivity contribution in [2.45, 2.75) is 31.6 Å². The van der Waals surface area contributed by atoms with E-state index in [2.05, 4.69) is 15.2 Å². The Bertz CT molecular complexity index is 716. The minimum atomic E-state index is 0.00420. The van der Waals surface area contributed by atoms with Crippen molar-refractivity contribution in [3.05, 3.63) is 29.1 Å². The summed E-state index contributed by atoms with van der Waals surface area (Å²) in [5.41, 5.74) is 1.51. The third-order valence-electron chi connectivity index (χ3n) is 4.62. The van der Waals surface area contributed by atoms with Crippen molar-refractivity contribution < 1.29 is 4.79 Å². The largest absolute Gasteiger partial charge is 0.336 e. The van der Waals surface area contributed by atoms with E-state index in [1.54, 1.807) is 4.68 Å². The number of hydrogen-bond acceptors (Lipinski definition) is 4. The highest BCUT2D eigenvalue weighted by Gasteiger charge is 2.37. The van der Waals surface area contributed by atoms with Gasteiger partial charge in [0.15, 0.2) is 11.5 Å². The Labute approximate surface area is 128 Å². The number of aryl methyl sites for hydroxylation is 3. The Morgan fingerprint density at radius 1 is 1.14 bits per heavy atom. The molecular weight excluding hydrogens is 280 g/mol. The topological polar surface area (TPSA) is 68.8 Å². The summed E-state index contributed by atoms with van der Waals surface area (Å²) in [6.45, 7) is 3.35. The Morgan fingerprint density at radius 2 is 1.86 bits per heavy atom. The molecule has 0 spiro atoms. The molecule has 22 heavy (non-hydrogen) atoms. The summed E-state index contributed by atoms with van der Waals surface area (Å²) in [5, 5.41) is 8.76. The molecule has 1 saturated heterocycles. The molecule has 0 aromatic carbocycles. The molecule has 1 aliphatic carbocycles. The minimum Gasteiger partial charge on any atom is -0.336 e. The molecule has 0 bridgehead atoms. The quantitative estimate of drug-likeness (QED) is 0.847. The van der Waals surface area contributed by atoms with E-state index >= 15 is 0 Å². The molecule has 2 aromatic heterocycles. The average Bonchev–Trinajstić information content (AvgIpc) is 3.13. The standard InChI is InChI=1S/C15H20N6O/c1-9-6-12(17-19(9)2)15(22)21-7-11(8-21)14-16-13(10-4-5-10)18-20(14)3/h6,10-11H,4-5,7-8H2,1-3H3. The number of amides is 1. The summed E-state index contributed by atoms with van der Waals surface area (Å²) in [6.07, 6.45) is 2.41. The number of nitrogens with zero attached hydrogens (tertiary/aromatic N) is 6. The summed E-state index contributed by atoms with van der Waals surface area (Å²) in [5.74, 6) is 2.84. The van der Waals surface area contributed by atoms with Gasteiger partial charge in [-0.3, -0.25) is 14.2 Å². The SMILES string of the molecule is Cc1cc(C(=O)N2CC(c3nc(C4CC4)nn3C)C2)nn1C. The van der Waals surface area contributed by atoms with Crippen LogP contribution >= 0.6 is 0 Å². The van der Waals surface area contributed by atoms with E-state index in [1.807, 2.05) is 36.7 Å². The maximum Gasteiger partial charge on any atom is 0.274 e. The summed E-state index contributed by atoms with van der Waals surface area (Å²) in [4.78, 5) is 18.9. The van der Waals surface area contributed by atoms with Crippen molar-refractivity contribution in [2.24, 2.45) is 14.1 Å². The van der Waals surface area contributed by atoms with Gasteiger partial charge >= 0.3 is 0 Å². The number of likely N-dealkylation sites (tertiary alicyclic amines) is 1. The summed E-state index contributed by atoms with van der Waals surface area (Å²) in [6, 6.07) is 1.84. The number of rotatable bonds is 3. The van der Waals surface area contributed by atoms with Gasteiger partial charge in [-0.2, -0.15) is 10.2 Å². The zero-order valence-electron chi connectivity index (χ0n) is 13.2. The zero-order valence-corrected chi connectivity index (χ0v) is 13.2. The second-order valence-electron chi connectivity index (χ2n) is 6.43. The van der Waals surface area contributed by atoms with Gasteiger partial charge in [0.05, 0.1) is 5.92 Å². The lowest BCUT2D eigenvalue weighted by atomic mass is 9.98. The highest BCUT2D eigenvalue weighted by Crippen LogP contribution is 2.39. The lowest BCUT2D eigenvalue weighted by Crippen LogP contribution is -2.49. The van der Waals surface area contributed by atoms with Crippen molar-refractivity contribution in [1.82, 2.24) is 29.4 Å². The fourth-order valence-corrected chi connectivity index (χ4v) is 2.92. The van der Waals surface area contributed by atoms with E-state index in [9.17, 15) is 4.79 Å². The fourth-order valence-electron chi connectivity index (χ4n) is 2.92. The summed E-state index contributed by atoms with van der Waals surface area (Å²) in [7, 11) is 3.80. The maximum absolute atomic E-state index is 12.4. The fraction of sp³-hybridized carbons (Fsp3) is 0.600. The summed E-state index contributed by atoms with van der Waals surface area (Å²) >= 11 is 0. The Morgan fingerprint density at radius 3 is 2.45 bits per heavy atom. The first kappa shape index (κ1) is 13.5. The lowest BCUT2D eigenvalue weighted by molar-refractivity contribution is 0.0584. The van der Waals surface area contributed by atoms with Crippen molar-refractivity contribution in [2.75, 3.05) is 13.1 Å². The van der Waals surface area contributed by atoms with E-state index in [-0.39, 0.29) is 5.91 Å². The van der Waals surface area contributed by atoms with Gasteiger partial charge in [0.2, 0.25) is 0 Å². The van der Waals surface area contributed by atoms with Gasteiger partial charge in [-0.05, 0) is 25.8 Å². The number of aromatic nitrogens is 5. The van der Waals surface area contributed by atoms with Crippen LogP contribution < -0.4 is 0 Å². The smallest absolute Gasteiger partial charge is 0.274 e. The normalized spacial score (nSPS) is 18.6. The molecule has 1 amide bonds. The van der Waals surface area contributed by atoms with Gasteiger partial charge in [0.25, 0.3) is 5.91 Å². The molecule has 1 saturated carbocycles. The molecule has 2 fully saturated rings. The first-order valence-corrected chi connectivity index (χ1v) is 7.73. The molecular formula is C15H20N6O. The number of carbonyl (C=O) groups excluding carboxylic acids is 1. The highest BCUT2D eigenvalue weighted by molar-refractivity contribution is 5.93. The molecule has 7 heteroatoms. The van der Waals surface area contributed by atoms with Crippen LogP contribution in [0.4, 0.5) is 0 Å². The van der Waals surface area contributed by atoms with Crippen LogP contribution in [0.1, 0.15) is 52.5 Å². The second-order valence-corrected chi connectivity index (χ2v) is 6.43. The zero-order chi connectivity index (χ0) is 15.4. The van der Waals surface area contributed by atoms with Gasteiger partial charge in [-0.15, -0.1) is 0 Å². The van der Waals surface area contributed by atoms with E-state index < -0.39 is 0 Å². The second kappa shape index (κ2) is 4.66. The van der Waals surface area contributed by atoms with Crippen molar-refractivity contribution in [1.29, 1.82) is 0 Å². The first-order chi connectivity index (χ1) is 10.5. The van der Waals surface area contributed by atoms with Crippen LogP contribution in [0.25, 0.3) is 0 Å². The Hall–Kier alpha value is -2.18. The van der Waals surface area contributed by atoms with Crippen LogP contribution in [0.3, 0.4) is 0 Å². The van der Waals surface area contributed by atoms with Crippen LogP contribution in [0.5, 0.6) is 0 Å². The molecule has 2 aliphatic rings. The lowest BCUT2D eigenvalue weighted by Gasteiger charge is -2.37. The van der Waals surface area contributed by atoms with Crippen LogP contribution in [0.2, 0.25) is 0 Å². The molecule has 7 nitrogen and oxygen atoms in total. The first-order valence-electron chi connectivity index (χ1n) is 7.73. The van der Waals surface area contributed by atoms with Crippen LogP contribution in [0, 0.1) is 6.92 Å². The molecule has 4 rings (SSSR count). The average molecular weight is 300 g/mol. The highest BCUT2D eigenvalue weighted by atomic mass is 16.2. The summed E-state index contributed by atoms with van der Waals surface area (Å²) < 4.78 is 3.61. The Balaban J connectivity index is 1.44. The molecule has 0 atom stereocenters. The monoisotopic (exact) mass is 300 g/mol. The van der Waals surface area contributed by atoms with Gasteiger partial charge < -0.3 is 4.90 Å². The predicted molar refractivity (Wildman–Crippen MR) is 79.6 cm³/mol. The van der Waals surface area contributed by atoms with Gasteiger partial charge in [0.1, 0.15) is 5.82 Å². The minimum absolute atomic E-state index is 0.00420. The van der Waals surface area contributed by atoms with Crippen LogP contribution in [0.15, 0.2) is 6.07 Å². The third kappa shape index (κ3) is 2.12. The number of carbonyl (C=O) groups is 1. The molecule has 0 unspecified atom stereocenters. The molecule has 2 aromatic rings. The van der Waals surface area contributed by atoms with Crippen molar-refractivity contribution >= 4 is 5.91 Å². The van der Waals surface area contributed by atoms with E-state index in [0.29, 0.717) is 30.6 Å². The maximum atomic E-state index is 12.4. The van der Waals surface area contributed by atoms with E-state index in [1.165, 1.54) is 12.8 Å². The van der Waals surface area contributed by atoms with E-state index in [4.69, 9.17) is 0 Å². The molecule has 3 heterocycles.